The Kier molecular flexibility index (Phi) is 8.19. The zero-order valence-corrected chi connectivity index (χ0v) is 18.5. The van der Waals surface area contributed by atoms with E-state index in [1.807, 2.05) is 25.1 Å². The summed E-state index contributed by atoms with van der Waals surface area (Å²) in [5.41, 5.74) is 2.12. The number of rotatable bonds is 7. The summed E-state index contributed by atoms with van der Waals surface area (Å²) in [5, 5.41) is 10.9. The number of methoxy groups -OCH3 is 1. The van der Waals surface area contributed by atoms with Gasteiger partial charge in [0.25, 0.3) is 5.91 Å². The molecule has 1 aromatic carbocycles. The first-order valence-corrected chi connectivity index (χ1v) is 9.96. The number of hydrogen-bond acceptors (Lipinski definition) is 5. The standard InChI is InChI=1S/C21H31N5O2.ClH/c1-15(2)17-7-5-6-8-18(17)26-16(3)24-19(25-26)20(27)23-13-21(14-28-4)9-11-22-12-10-21;/h5-8,15,22H,9-14H2,1-4H3,(H,23,27);1H. The molecule has 0 atom stereocenters. The second-order valence-corrected chi connectivity index (χ2v) is 7.97. The van der Waals surface area contributed by atoms with Crippen LogP contribution in [0.5, 0.6) is 0 Å². The summed E-state index contributed by atoms with van der Waals surface area (Å²) in [7, 11) is 1.71. The maximum Gasteiger partial charge on any atom is 0.291 e. The second kappa shape index (κ2) is 10.2. The Labute approximate surface area is 179 Å². The molecule has 3 rings (SSSR count). The summed E-state index contributed by atoms with van der Waals surface area (Å²) in [5.74, 6) is 1.02. The highest BCUT2D eigenvalue weighted by Gasteiger charge is 2.33. The molecule has 0 spiro atoms. The fourth-order valence-corrected chi connectivity index (χ4v) is 3.87. The van der Waals surface area contributed by atoms with Crippen LogP contribution in [0.4, 0.5) is 0 Å². The number of carbonyl (C=O) groups excluding carboxylic acids is 1. The van der Waals surface area contributed by atoms with Crippen LogP contribution in [0, 0.1) is 12.3 Å². The molecule has 0 radical (unpaired) electrons. The Bertz CT molecular complexity index is 810. The van der Waals surface area contributed by atoms with E-state index >= 15 is 0 Å². The van der Waals surface area contributed by atoms with Gasteiger partial charge in [0.1, 0.15) is 5.82 Å². The first-order chi connectivity index (χ1) is 13.5. The maximum absolute atomic E-state index is 12.7. The van der Waals surface area contributed by atoms with E-state index in [1.54, 1.807) is 11.8 Å². The van der Waals surface area contributed by atoms with E-state index in [2.05, 4.69) is 40.6 Å². The van der Waals surface area contributed by atoms with Crippen LogP contribution in [0.1, 0.15) is 54.6 Å². The first kappa shape index (κ1) is 23.3. The van der Waals surface area contributed by atoms with Gasteiger partial charge in [-0.15, -0.1) is 17.5 Å². The van der Waals surface area contributed by atoms with Crippen LogP contribution in [0.3, 0.4) is 0 Å². The minimum atomic E-state index is -0.238. The first-order valence-electron chi connectivity index (χ1n) is 9.96. The van der Waals surface area contributed by atoms with Gasteiger partial charge in [-0.1, -0.05) is 32.0 Å². The molecule has 0 saturated carbocycles. The number of benzene rings is 1. The van der Waals surface area contributed by atoms with E-state index in [0.29, 0.717) is 24.9 Å². The highest BCUT2D eigenvalue weighted by Crippen LogP contribution is 2.28. The fourth-order valence-electron chi connectivity index (χ4n) is 3.87. The van der Waals surface area contributed by atoms with Gasteiger partial charge in [-0.05, 0) is 50.4 Å². The van der Waals surface area contributed by atoms with Gasteiger partial charge in [0.15, 0.2) is 0 Å². The van der Waals surface area contributed by atoms with Crippen LogP contribution in [0.15, 0.2) is 24.3 Å². The predicted octanol–water partition coefficient (Wildman–Crippen LogP) is 2.87. The molecule has 1 saturated heterocycles. The molecular formula is C21H32ClN5O2. The number of ether oxygens (including phenoxy) is 1. The highest BCUT2D eigenvalue weighted by atomic mass is 35.5. The zero-order valence-electron chi connectivity index (χ0n) is 17.7. The van der Waals surface area contributed by atoms with E-state index in [-0.39, 0.29) is 29.6 Å². The molecular weight excluding hydrogens is 390 g/mol. The smallest absolute Gasteiger partial charge is 0.291 e. The molecule has 1 amide bonds. The summed E-state index contributed by atoms with van der Waals surface area (Å²) in [4.78, 5) is 17.2. The molecule has 0 aliphatic carbocycles. The van der Waals surface area contributed by atoms with Crippen molar-refractivity contribution in [3.8, 4) is 5.69 Å². The van der Waals surface area contributed by atoms with Crippen LogP contribution in [-0.4, -0.2) is 54.0 Å². The van der Waals surface area contributed by atoms with Gasteiger partial charge < -0.3 is 15.4 Å². The lowest BCUT2D eigenvalue weighted by molar-refractivity contribution is 0.0509. The average Bonchev–Trinajstić information content (AvgIpc) is 3.09. The number of hydrogen-bond donors (Lipinski definition) is 2. The molecule has 2 N–H and O–H groups in total. The molecule has 0 unspecified atom stereocenters. The van der Waals surface area contributed by atoms with Gasteiger partial charge in [-0.3, -0.25) is 4.79 Å². The van der Waals surface area contributed by atoms with Gasteiger partial charge in [0.2, 0.25) is 5.82 Å². The summed E-state index contributed by atoms with van der Waals surface area (Å²) >= 11 is 0. The van der Waals surface area contributed by atoms with Gasteiger partial charge in [0.05, 0.1) is 12.3 Å². The number of aryl methyl sites for hydroxylation is 1. The van der Waals surface area contributed by atoms with E-state index in [4.69, 9.17) is 4.74 Å². The number of nitrogens with one attached hydrogen (secondary N) is 2. The molecule has 0 bridgehead atoms. The molecule has 7 nitrogen and oxygen atoms in total. The number of aromatic nitrogens is 3. The summed E-state index contributed by atoms with van der Waals surface area (Å²) < 4.78 is 7.19. The fraction of sp³-hybridized carbons (Fsp3) is 0.571. The molecule has 2 heterocycles. The second-order valence-electron chi connectivity index (χ2n) is 7.97. The van der Waals surface area contributed by atoms with Crippen molar-refractivity contribution in [1.29, 1.82) is 0 Å². The average molecular weight is 422 g/mol. The van der Waals surface area contributed by atoms with Crippen LogP contribution in [0.2, 0.25) is 0 Å². The summed E-state index contributed by atoms with van der Waals surface area (Å²) in [6.07, 6.45) is 1.95. The van der Waals surface area contributed by atoms with Crippen LogP contribution in [0.25, 0.3) is 5.69 Å². The third kappa shape index (κ3) is 5.35. The molecule has 1 fully saturated rings. The monoisotopic (exact) mass is 421 g/mol. The van der Waals surface area contributed by atoms with Crippen molar-refractivity contribution in [3.05, 3.63) is 41.5 Å². The van der Waals surface area contributed by atoms with Crippen molar-refractivity contribution in [2.24, 2.45) is 5.41 Å². The van der Waals surface area contributed by atoms with Gasteiger partial charge in [0, 0.05) is 19.1 Å². The Morgan fingerprint density at radius 1 is 1.31 bits per heavy atom. The minimum absolute atomic E-state index is 0. The van der Waals surface area contributed by atoms with Crippen molar-refractivity contribution in [2.45, 2.75) is 39.5 Å². The number of nitrogens with zero attached hydrogens (tertiary/aromatic N) is 3. The summed E-state index contributed by atoms with van der Waals surface area (Å²) in [6.45, 7) is 9.25. The van der Waals surface area contributed by atoms with E-state index < -0.39 is 0 Å². The Hall–Kier alpha value is -1.96. The van der Waals surface area contributed by atoms with Crippen LogP contribution < -0.4 is 10.6 Å². The summed E-state index contributed by atoms with van der Waals surface area (Å²) in [6, 6.07) is 8.11. The Balaban J connectivity index is 0.00000300. The molecule has 160 valence electrons. The van der Waals surface area contributed by atoms with Gasteiger partial charge in [-0.25, -0.2) is 9.67 Å². The van der Waals surface area contributed by atoms with Crippen molar-refractivity contribution in [3.63, 3.8) is 0 Å². The molecule has 2 aromatic rings. The lowest BCUT2D eigenvalue weighted by Gasteiger charge is -2.37. The molecule has 1 aliphatic heterocycles. The number of amides is 1. The Morgan fingerprint density at radius 3 is 2.66 bits per heavy atom. The number of halogens is 1. The van der Waals surface area contributed by atoms with Crippen molar-refractivity contribution < 1.29 is 9.53 Å². The van der Waals surface area contributed by atoms with Crippen molar-refractivity contribution >= 4 is 18.3 Å². The molecule has 8 heteroatoms. The van der Waals surface area contributed by atoms with Gasteiger partial charge >= 0.3 is 0 Å². The third-order valence-corrected chi connectivity index (χ3v) is 5.50. The predicted molar refractivity (Wildman–Crippen MR) is 116 cm³/mol. The highest BCUT2D eigenvalue weighted by molar-refractivity contribution is 5.90. The number of para-hydroxylation sites is 1. The maximum atomic E-state index is 12.7. The SMILES string of the molecule is COCC1(CNC(=O)c2nc(C)n(-c3ccccc3C(C)C)n2)CCNCC1.Cl. The number of carbonyl (C=O) groups is 1. The largest absolute Gasteiger partial charge is 0.384 e. The lowest BCUT2D eigenvalue weighted by Crippen LogP contribution is -2.47. The minimum Gasteiger partial charge on any atom is -0.384 e. The van der Waals surface area contributed by atoms with Gasteiger partial charge in [-0.2, -0.15) is 0 Å². The lowest BCUT2D eigenvalue weighted by atomic mass is 9.79. The quantitative estimate of drug-likeness (QED) is 0.718. The van der Waals surface area contributed by atoms with Crippen LogP contribution in [-0.2, 0) is 4.74 Å². The van der Waals surface area contributed by atoms with Crippen molar-refractivity contribution in [1.82, 2.24) is 25.4 Å². The molecule has 1 aliphatic rings. The number of piperidine rings is 1. The van der Waals surface area contributed by atoms with Crippen molar-refractivity contribution in [2.75, 3.05) is 33.4 Å². The molecule has 29 heavy (non-hydrogen) atoms. The normalized spacial score (nSPS) is 15.8. The Morgan fingerprint density at radius 2 is 2.00 bits per heavy atom. The zero-order chi connectivity index (χ0) is 20.1. The van der Waals surface area contributed by atoms with E-state index in [1.165, 1.54) is 5.56 Å². The van der Waals surface area contributed by atoms with E-state index in [0.717, 1.165) is 31.6 Å². The molecule has 1 aromatic heterocycles. The van der Waals surface area contributed by atoms with E-state index in [9.17, 15) is 4.79 Å². The van der Waals surface area contributed by atoms with Crippen LogP contribution >= 0.6 is 12.4 Å². The third-order valence-electron chi connectivity index (χ3n) is 5.50. The topological polar surface area (TPSA) is 81.1 Å².